The van der Waals surface area contributed by atoms with E-state index in [0.717, 1.165) is 19.4 Å². The van der Waals surface area contributed by atoms with Crippen molar-refractivity contribution in [3.8, 4) is 0 Å². The number of rotatable bonds is 1. The summed E-state index contributed by atoms with van der Waals surface area (Å²) in [5.74, 6) is 0.363. The monoisotopic (exact) mass is 157 g/mol. The van der Waals surface area contributed by atoms with Gasteiger partial charge in [0.05, 0.1) is 0 Å². The van der Waals surface area contributed by atoms with Gasteiger partial charge in [0.1, 0.15) is 6.17 Å². The summed E-state index contributed by atoms with van der Waals surface area (Å²) in [6, 6.07) is 1.17. The molecule has 0 radical (unpaired) electrons. The van der Waals surface area contributed by atoms with Gasteiger partial charge in [-0.2, -0.15) is 0 Å². The number of alkyl halides is 1. The summed E-state index contributed by atoms with van der Waals surface area (Å²) in [6.07, 6.45) is 1.41. The predicted molar refractivity (Wildman–Crippen MR) is 43.3 cm³/mol. The Morgan fingerprint density at radius 2 is 2.09 bits per heavy atom. The van der Waals surface area contributed by atoms with Crippen LogP contribution in [0.15, 0.2) is 0 Å². The molecule has 1 heterocycles. The third-order valence-corrected chi connectivity index (χ3v) is 3.16. The second-order valence-corrected chi connectivity index (χ2v) is 4.19. The molecular formula is C9H16FN. The lowest BCUT2D eigenvalue weighted by Gasteiger charge is -2.31. The van der Waals surface area contributed by atoms with E-state index in [1.165, 1.54) is 0 Å². The summed E-state index contributed by atoms with van der Waals surface area (Å²) in [5, 5.41) is 0. The minimum Gasteiger partial charge on any atom is -0.297 e. The van der Waals surface area contributed by atoms with Gasteiger partial charge in [-0.3, -0.25) is 4.90 Å². The number of hydrogen-bond donors (Lipinski definition) is 0. The highest BCUT2D eigenvalue weighted by atomic mass is 19.1. The summed E-state index contributed by atoms with van der Waals surface area (Å²) in [6.45, 7) is 5.41. The maximum Gasteiger partial charge on any atom is 0.106 e. The van der Waals surface area contributed by atoms with Gasteiger partial charge in [-0.15, -0.1) is 0 Å². The Morgan fingerprint density at radius 1 is 1.36 bits per heavy atom. The molecule has 0 aromatic rings. The fraction of sp³-hybridized carbons (Fsp3) is 1.00. The van der Waals surface area contributed by atoms with E-state index in [0.29, 0.717) is 18.0 Å². The Bertz CT molecular complexity index is 156. The van der Waals surface area contributed by atoms with E-state index in [9.17, 15) is 4.39 Å². The SMILES string of the molecule is CC(C)N1CC2CC1CC2F. The van der Waals surface area contributed by atoms with Crippen molar-refractivity contribution in [2.24, 2.45) is 5.92 Å². The van der Waals surface area contributed by atoms with Gasteiger partial charge in [0.25, 0.3) is 0 Å². The number of piperidine rings is 1. The largest absolute Gasteiger partial charge is 0.297 e. The Kier molecular flexibility index (Phi) is 1.67. The maximum absolute atomic E-state index is 13.0. The number of hydrogen-bond acceptors (Lipinski definition) is 1. The molecule has 11 heavy (non-hydrogen) atoms. The fourth-order valence-corrected chi connectivity index (χ4v) is 2.56. The molecule has 64 valence electrons. The van der Waals surface area contributed by atoms with Crippen LogP contribution in [0.4, 0.5) is 4.39 Å². The Morgan fingerprint density at radius 3 is 2.45 bits per heavy atom. The zero-order chi connectivity index (χ0) is 8.01. The van der Waals surface area contributed by atoms with Gasteiger partial charge in [-0.25, -0.2) is 4.39 Å². The van der Waals surface area contributed by atoms with Gasteiger partial charge in [0, 0.05) is 24.5 Å². The lowest BCUT2D eigenvalue weighted by Crippen LogP contribution is -2.40. The Labute approximate surface area is 67.6 Å². The van der Waals surface area contributed by atoms with E-state index in [1.54, 1.807) is 0 Å². The van der Waals surface area contributed by atoms with Crippen LogP contribution in [0.3, 0.4) is 0 Å². The minimum atomic E-state index is -0.491. The molecular weight excluding hydrogens is 141 g/mol. The molecule has 2 bridgehead atoms. The molecule has 0 spiro atoms. The molecule has 0 amide bonds. The van der Waals surface area contributed by atoms with Crippen LogP contribution in [0.2, 0.25) is 0 Å². The first-order valence-electron chi connectivity index (χ1n) is 4.58. The number of halogens is 1. The molecule has 0 aromatic carbocycles. The van der Waals surface area contributed by atoms with Crippen molar-refractivity contribution in [3.63, 3.8) is 0 Å². The standard InChI is InChI=1S/C9H16FN/c1-6(2)11-5-7-3-8(11)4-9(7)10/h6-9H,3-5H2,1-2H3. The maximum atomic E-state index is 13.0. The van der Waals surface area contributed by atoms with E-state index in [1.807, 2.05) is 0 Å². The van der Waals surface area contributed by atoms with Gasteiger partial charge in [-0.05, 0) is 26.7 Å². The van der Waals surface area contributed by atoms with Gasteiger partial charge in [0.2, 0.25) is 0 Å². The molecule has 1 nitrogen and oxygen atoms in total. The normalized spacial score (nSPS) is 44.2. The zero-order valence-electron chi connectivity index (χ0n) is 7.26. The summed E-state index contributed by atoms with van der Waals surface area (Å²) in [4.78, 5) is 2.45. The van der Waals surface area contributed by atoms with E-state index >= 15 is 0 Å². The first-order chi connectivity index (χ1) is 5.18. The Balaban J connectivity index is 2.02. The van der Waals surface area contributed by atoms with Crippen LogP contribution < -0.4 is 0 Å². The summed E-state index contributed by atoms with van der Waals surface area (Å²) in [5.41, 5.74) is 0. The van der Waals surface area contributed by atoms with Crippen LogP contribution in [0.25, 0.3) is 0 Å². The minimum absolute atomic E-state index is 0.363. The molecule has 3 unspecified atom stereocenters. The van der Waals surface area contributed by atoms with E-state index in [4.69, 9.17) is 0 Å². The van der Waals surface area contributed by atoms with Crippen LogP contribution in [-0.2, 0) is 0 Å². The predicted octanol–water partition coefficient (Wildman–Crippen LogP) is 1.83. The molecule has 2 heteroatoms. The van der Waals surface area contributed by atoms with Crippen LogP contribution in [-0.4, -0.2) is 29.7 Å². The van der Waals surface area contributed by atoms with Crippen molar-refractivity contribution in [1.29, 1.82) is 0 Å². The summed E-state index contributed by atoms with van der Waals surface area (Å²) < 4.78 is 13.0. The molecule has 2 aliphatic rings. The quantitative estimate of drug-likeness (QED) is 0.561. The first kappa shape index (κ1) is 7.53. The van der Waals surface area contributed by atoms with E-state index in [2.05, 4.69) is 18.7 Å². The molecule has 3 atom stereocenters. The van der Waals surface area contributed by atoms with E-state index < -0.39 is 6.17 Å². The highest BCUT2D eigenvalue weighted by molar-refractivity contribution is 4.98. The van der Waals surface area contributed by atoms with Gasteiger partial charge in [-0.1, -0.05) is 0 Å². The van der Waals surface area contributed by atoms with Crippen LogP contribution in [0.1, 0.15) is 26.7 Å². The smallest absolute Gasteiger partial charge is 0.106 e. The lowest BCUT2D eigenvalue weighted by atomic mass is 10.1. The molecule has 0 N–H and O–H groups in total. The fourth-order valence-electron chi connectivity index (χ4n) is 2.56. The number of likely N-dealkylation sites (tertiary alicyclic amines) is 1. The third kappa shape index (κ3) is 1.08. The molecule has 1 saturated heterocycles. The van der Waals surface area contributed by atoms with Crippen LogP contribution in [0, 0.1) is 5.92 Å². The first-order valence-corrected chi connectivity index (χ1v) is 4.58. The highest BCUT2D eigenvalue weighted by Gasteiger charge is 2.45. The lowest BCUT2D eigenvalue weighted by molar-refractivity contribution is 0.117. The van der Waals surface area contributed by atoms with Crippen molar-refractivity contribution in [3.05, 3.63) is 0 Å². The Hall–Kier alpha value is -0.110. The average molecular weight is 157 g/mol. The van der Waals surface area contributed by atoms with Crippen molar-refractivity contribution in [1.82, 2.24) is 4.90 Å². The second-order valence-electron chi connectivity index (χ2n) is 4.19. The summed E-state index contributed by atoms with van der Waals surface area (Å²) in [7, 11) is 0. The van der Waals surface area contributed by atoms with Crippen molar-refractivity contribution in [2.75, 3.05) is 6.54 Å². The van der Waals surface area contributed by atoms with Crippen LogP contribution >= 0.6 is 0 Å². The van der Waals surface area contributed by atoms with Crippen molar-refractivity contribution in [2.45, 2.75) is 44.9 Å². The molecule has 1 saturated carbocycles. The molecule has 0 aromatic heterocycles. The number of nitrogens with zero attached hydrogens (tertiary/aromatic N) is 1. The molecule has 1 aliphatic carbocycles. The molecule has 2 fully saturated rings. The van der Waals surface area contributed by atoms with Crippen LogP contribution in [0.5, 0.6) is 0 Å². The van der Waals surface area contributed by atoms with Gasteiger partial charge in [0.15, 0.2) is 0 Å². The zero-order valence-corrected chi connectivity index (χ0v) is 7.26. The van der Waals surface area contributed by atoms with Gasteiger partial charge < -0.3 is 0 Å². The molecule has 1 aliphatic heterocycles. The topological polar surface area (TPSA) is 3.24 Å². The van der Waals surface area contributed by atoms with Crippen molar-refractivity contribution < 1.29 is 4.39 Å². The third-order valence-electron chi connectivity index (χ3n) is 3.16. The van der Waals surface area contributed by atoms with Gasteiger partial charge >= 0.3 is 0 Å². The average Bonchev–Trinajstić information content (AvgIpc) is 2.43. The van der Waals surface area contributed by atoms with Crippen molar-refractivity contribution >= 4 is 0 Å². The highest BCUT2D eigenvalue weighted by Crippen LogP contribution is 2.40. The number of fused-ring (bicyclic) bond motifs is 2. The molecule has 2 rings (SSSR count). The summed E-state index contributed by atoms with van der Waals surface area (Å²) >= 11 is 0. The van der Waals surface area contributed by atoms with E-state index in [-0.39, 0.29) is 0 Å². The second kappa shape index (κ2) is 2.44.